The van der Waals surface area contributed by atoms with E-state index in [0.717, 1.165) is 0 Å². The van der Waals surface area contributed by atoms with Gasteiger partial charge in [-0.25, -0.2) is 13.2 Å². The lowest BCUT2D eigenvalue weighted by molar-refractivity contribution is -0.270. The quantitative estimate of drug-likeness (QED) is 0.304. The van der Waals surface area contributed by atoms with Gasteiger partial charge in [-0.15, -0.1) is 0 Å². The van der Waals surface area contributed by atoms with Crippen LogP contribution in [0.2, 0.25) is 0 Å². The Labute approximate surface area is 117 Å². The van der Waals surface area contributed by atoms with Crippen LogP contribution in [0.4, 0.5) is 0 Å². The number of rotatable bonds is 5. The monoisotopic (exact) mass is 354 g/mol. The third-order valence-electron chi connectivity index (χ3n) is 2.25. The van der Waals surface area contributed by atoms with Crippen LogP contribution in [0, 0.1) is 0 Å². The molecule has 0 aromatic carbocycles. The van der Waals surface area contributed by atoms with Gasteiger partial charge in [0.2, 0.25) is 0 Å². The highest BCUT2D eigenvalue weighted by Crippen LogP contribution is 2.26. The molecular formula is C6H10O13S2. The molecule has 0 bridgehead atoms. The average Bonchev–Trinajstić information content (AvgIpc) is 2.24. The van der Waals surface area contributed by atoms with Crippen LogP contribution >= 0.6 is 0 Å². The molecule has 0 saturated carbocycles. The summed E-state index contributed by atoms with van der Waals surface area (Å²) in [7, 11) is -10.5. The van der Waals surface area contributed by atoms with Gasteiger partial charge in [0.05, 0.1) is 0 Å². The fraction of sp³-hybridized carbons (Fsp3) is 0.833. The maximum atomic E-state index is 10.8. The molecule has 0 amide bonds. The van der Waals surface area contributed by atoms with Crippen molar-refractivity contribution in [2.24, 2.45) is 0 Å². The van der Waals surface area contributed by atoms with Gasteiger partial charge in [-0.05, 0) is 0 Å². The second-order valence-electron chi connectivity index (χ2n) is 3.75. The number of carboxylic acids is 1. The summed E-state index contributed by atoms with van der Waals surface area (Å²) >= 11 is 0. The Bertz CT molecular complexity index is 592. The predicted octanol–water partition coefficient (Wildman–Crippen LogP) is -3.47. The lowest BCUT2D eigenvalue weighted by Crippen LogP contribution is -2.62. The van der Waals surface area contributed by atoms with Gasteiger partial charge in [0.15, 0.2) is 18.5 Å². The van der Waals surface area contributed by atoms with Gasteiger partial charge in [0.25, 0.3) is 0 Å². The first-order valence-corrected chi connectivity index (χ1v) is 7.60. The summed E-state index contributed by atoms with van der Waals surface area (Å²) in [6, 6.07) is 0. The SMILES string of the molecule is O=C(O)[C@H]1OC(O)[C@H](OS(=O)(=O)O)[C@@H](O)[C@@H]1OS(=O)(=O)O. The van der Waals surface area contributed by atoms with E-state index in [1.165, 1.54) is 0 Å². The minimum atomic E-state index is -5.26. The Kier molecular flexibility index (Phi) is 5.24. The van der Waals surface area contributed by atoms with E-state index in [1.807, 2.05) is 0 Å². The molecule has 1 rings (SSSR count). The number of aliphatic carboxylic acids is 1. The topological polar surface area (TPSA) is 214 Å². The Morgan fingerprint density at radius 2 is 1.38 bits per heavy atom. The molecular weight excluding hydrogens is 344 g/mol. The van der Waals surface area contributed by atoms with Crippen LogP contribution in [0.5, 0.6) is 0 Å². The zero-order valence-electron chi connectivity index (χ0n) is 9.71. The van der Waals surface area contributed by atoms with Crippen LogP contribution in [-0.2, 0) is 38.7 Å². The summed E-state index contributed by atoms with van der Waals surface area (Å²) in [5.41, 5.74) is 0. The van der Waals surface area contributed by atoms with Gasteiger partial charge in [0, 0.05) is 0 Å². The summed E-state index contributed by atoms with van der Waals surface area (Å²) in [4.78, 5) is 10.8. The fourth-order valence-electron chi connectivity index (χ4n) is 1.53. The number of hydrogen-bond donors (Lipinski definition) is 5. The van der Waals surface area contributed by atoms with Gasteiger partial charge in [-0.2, -0.15) is 16.8 Å². The van der Waals surface area contributed by atoms with E-state index in [4.69, 9.17) is 14.2 Å². The van der Waals surface area contributed by atoms with E-state index < -0.39 is 57.5 Å². The van der Waals surface area contributed by atoms with E-state index in [1.54, 1.807) is 0 Å². The molecule has 0 radical (unpaired) electrons. The Balaban J connectivity index is 3.12. The van der Waals surface area contributed by atoms with Gasteiger partial charge in [-0.1, -0.05) is 0 Å². The van der Waals surface area contributed by atoms with Gasteiger partial charge in [-0.3, -0.25) is 9.11 Å². The standard InChI is InChI=1S/C6H10O13S2/c7-1-2(18-20(11,12)13)4(5(8)9)17-6(10)3(1)19-21(14,15)16/h1-4,6-7,10H,(H,8,9)(H,11,12,13)(H,14,15,16)/t1-,2-,3+,4-,6?/m0/s1. The molecule has 5 atom stereocenters. The molecule has 0 aromatic rings. The molecule has 1 aliphatic rings. The maximum Gasteiger partial charge on any atom is 0.397 e. The fourth-order valence-corrected chi connectivity index (χ4v) is 2.52. The molecule has 1 unspecified atom stereocenters. The number of aliphatic hydroxyl groups excluding tert-OH is 2. The molecule has 5 N–H and O–H groups in total. The summed E-state index contributed by atoms with van der Waals surface area (Å²) < 4.78 is 71.2. The van der Waals surface area contributed by atoms with Crippen LogP contribution < -0.4 is 0 Å². The summed E-state index contributed by atoms with van der Waals surface area (Å²) in [6.45, 7) is 0. The number of aliphatic hydroxyl groups is 2. The van der Waals surface area contributed by atoms with Crippen LogP contribution in [0.3, 0.4) is 0 Å². The van der Waals surface area contributed by atoms with E-state index >= 15 is 0 Å². The van der Waals surface area contributed by atoms with Crippen molar-refractivity contribution in [3.8, 4) is 0 Å². The van der Waals surface area contributed by atoms with E-state index in [-0.39, 0.29) is 0 Å². The van der Waals surface area contributed by atoms with E-state index in [9.17, 15) is 31.8 Å². The molecule has 0 spiro atoms. The van der Waals surface area contributed by atoms with Crippen molar-refractivity contribution in [2.45, 2.75) is 30.7 Å². The molecule has 0 aromatic heterocycles. The lowest BCUT2D eigenvalue weighted by Gasteiger charge is -2.38. The highest BCUT2D eigenvalue weighted by atomic mass is 32.3. The van der Waals surface area contributed by atoms with Gasteiger partial charge >= 0.3 is 26.8 Å². The van der Waals surface area contributed by atoms with Gasteiger partial charge in [0.1, 0.15) is 12.2 Å². The second kappa shape index (κ2) is 6.07. The van der Waals surface area contributed by atoms with Crippen molar-refractivity contribution in [3.63, 3.8) is 0 Å². The molecule has 1 fully saturated rings. The zero-order valence-corrected chi connectivity index (χ0v) is 11.3. The Morgan fingerprint density at radius 1 is 0.952 bits per heavy atom. The van der Waals surface area contributed by atoms with Crippen LogP contribution in [0.1, 0.15) is 0 Å². The maximum absolute atomic E-state index is 10.8. The first-order chi connectivity index (χ1) is 9.32. The summed E-state index contributed by atoms with van der Waals surface area (Å²) in [5.74, 6) is -1.90. The number of carboxylic acid groups (broad SMARTS) is 1. The lowest BCUT2D eigenvalue weighted by atomic mass is 9.99. The summed E-state index contributed by atoms with van der Waals surface area (Å²) in [5, 5.41) is 27.7. The largest absolute Gasteiger partial charge is 0.479 e. The molecule has 1 heterocycles. The number of carbonyl (C=O) groups is 1. The third kappa shape index (κ3) is 5.09. The molecule has 1 saturated heterocycles. The number of hydrogen-bond acceptors (Lipinski definition) is 10. The molecule has 0 aliphatic carbocycles. The van der Waals surface area contributed by atoms with Crippen molar-refractivity contribution in [1.29, 1.82) is 0 Å². The van der Waals surface area contributed by atoms with Crippen LogP contribution in [0.25, 0.3) is 0 Å². The van der Waals surface area contributed by atoms with Crippen LogP contribution in [0.15, 0.2) is 0 Å². The minimum Gasteiger partial charge on any atom is -0.479 e. The Morgan fingerprint density at radius 3 is 1.76 bits per heavy atom. The molecule has 1 aliphatic heterocycles. The molecule has 21 heavy (non-hydrogen) atoms. The molecule has 15 heteroatoms. The predicted molar refractivity (Wildman–Crippen MR) is 57.4 cm³/mol. The summed E-state index contributed by atoms with van der Waals surface area (Å²) in [6.07, 6.45) is -11.7. The normalized spacial score (nSPS) is 34.6. The first-order valence-electron chi connectivity index (χ1n) is 4.87. The third-order valence-corrected chi connectivity index (χ3v) is 3.18. The van der Waals surface area contributed by atoms with Crippen molar-refractivity contribution < 1.29 is 59.2 Å². The van der Waals surface area contributed by atoms with Crippen LogP contribution in [-0.4, -0.2) is 77.9 Å². The highest BCUT2D eigenvalue weighted by molar-refractivity contribution is 7.81. The van der Waals surface area contributed by atoms with Crippen molar-refractivity contribution >= 4 is 26.8 Å². The molecule has 124 valence electrons. The van der Waals surface area contributed by atoms with E-state index in [2.05, 4.69) is 13.1 Å². The zero-order chi connectivity index (χ0) is 16.6. The number of ether oxygens (including phenoxy) is 1. The first kappa shape index (κ1) is 18.1. The Hall–Kier alpha value is -0.910. The smallest absolute Gasteiger partial charge is 0.397 e. The van der Waals surface area contributed by atoms with Crippen molar-refractivity contribution in [2.75, 3.05) is 0 Å². The van der Waals surface area contributed by atoms with E-state index in [0.29, 0.717) is 0 Å². The van der Waals surface area contributed by atoms with Crippen molar-refractivity contribution in [1.82, 2.24) is 0 Å². The molecule has 13 nitrogen and oxygen atoms in total. The highest BCUT2D eigenvalue weighted by Gasteiger charge is 2.52. The minimum absolute atomic E-state index is 1.90. The second-order valence-corrected chi connectivity index (χ2v) is 5.85. The van der Waals surface area contributed by atoms with Crippen molar-refractivity contribution in [3.05, 3.63) is 0 Å². The average molecular weight is 354 g/mol. The van der Waals surface area contributed by atoms with Gasteiger partial charge < -0.3 is 20.1 Å².